The van der Waals surface area contributed by atoms with Gasteiger partial charge in [0.15, 0.2) is 0 Å². The number of carboxylic acids is 1. The Hall–Kier alpha value is -4.02. The molecular weight excluding hydrogens is 425 g/mol. The van der Waals surface area contributed by atoms with Crippen molar-refractivity contribution in [3.63, 3.8) is 0 Å². The number of aliphatic carboxylic acids is 1. The van der Waals surface area contributed by atoms with Crippen LogP contribution < -0.4 is 15.4 Å². The number of hydrogen-bond donors (Lipinski definition) is 3. The molecule has 0 heterocycles. The van der Waals surface area contributed by atoms with Gasteiger partial charge in [0, 0.05) is 37.5 Å². The van der Waals surface area contributed by atoms with Gasteiger partial charge in [-0.05, 0) is 23.8 Å². The zero-order chi connectivity index (χ0) is 23.8. The first-order valence-corrected chi connectivity index (χ1v) is 9.46. The Labute approximate surface area is 182 Å². The van der Waals surface area contributed by atoms with Gasteiger partial charge in [-0.25, -0.2) is 9.18 Å². The number of nitro benzene ring substituents is 1. The quantitative estimate of drug-likeness (QED) is 0.370. The number of carboxylic acid groups (broad SMARTS) is 1. The van der Waals surface area contributed by atoms with Crippen LogP contribution >= 0.6 is 0 Å². The highest BCUT2D eigenvalue weighted by atomic mass is 19.1. The summed E-state index contributed by atoms with van der Waals surface area (Å²) in [6.45, 7) is 1.19. The summed E-state index contributed by atoms with van der Waals surface area (Å²) in [6, 6.07) is 6.51. The number of methoxy groups -OCH3 is 1. The van der Waals surface area contributed by atoms with Crippen molar-refractivity contribution in [2.24, 2.45) is 0 Å². The van der Waals surface area contributed by atoms with Crippen LogP contribution in [0.3, 0.4) is 0 Å². The third-order valence-electron chi connectivity index (χ3n) is 4.54. The van der Waals surface area contributed by atoms with Crippen molar-refractivity contribution in [2.45, 2.75) is 31.8 Å². The molecule has 0 aliphatic rings. The summed E-state index contributed by atoms with van der Waals surface area (Å²) >= 11 is 0. The van der Waals surface area contributed by atoms with Crippen molar-refractivity contribution in [1.29, 1.82) is 0 Å². The van der Waals surface area contributed by atoms with E-state index in [4.69, 9.17) is 4.74 Å². The lowest BCUT2D eigenvalue weighted by molar-refractivity contribution is -0.384. The molecule has 2 aromatic rings. The molecule has 10 nitrogen and oxygen atoms in total. The second kappa shape index (κ2) is 10.8. The van der Waals surface area contributed by atoms with Gasteiger partial charge in [-0.2, -0.15) is 0 Å². The predicted octanol–water partition coefficient (Wildman–Crippen LogP) is 1.60. The van der Waals surface area contributed by atoms with E-state index in [2.05, 4.69) is 10.6 Å². The number of non-ortho nitro benzene ring substituents is 1. The van der Waals surface area contributed by atoms with Crippen LogP contribution in [0.4, 0.5) is 10.1 Å². The van der Waals surface area contributed by atoms with Gasteiger partial charge < -0.3 is 20.5 Å². The molecule has 0 aliphatic heterocycles. The van der Waals surface area contributed by atoms with Gasteiger partial charge in [0.25, 0.3) is 5.69 Å². The zero-order valence-corrected chi connectivity index (χ0v) is 17.3. The Bertz CT molecular complexity index is 1030. The summed E-state index contributed by atoms with van der Waals surface area (Å²) in [5, 5.41) is 25.4. The Morgan fingerprint density at radius 3 is 2.41 bits per heavy atom. The molecule has 0 unspecified atom stereocenters. The SMILES string of the molecule is COc1ccc([N+](=O)[O-])cc1C[C@H](NC(=O)[C@H](Cc1cccc(F)c1)NC(C)=O)C(=O)O. The van der Waals surface area contributed by atoms with Crippen molar-refractivity contribution in [3.05, 3.63) is 69.5 Å². The number of nitrogens with one attached hydrogen (secondary N) is 2. The highest BCUT2D eigenvalue weighted by Crippen LogP contribution is 2.25. The first kappa shape index (κ1) is 24.3. The smallest absolute Gasteiger partial charge is 0.326 e. The van der Waals surface area contributed by atoms with E-state index in [9.17, 15) is 34.0 Å². The molecule has 0 radical (unpaired) electrons. The Morgan fingerprint density at radius 2 is 1.84 bits per heavy atom. The van der Waals surface area contributed by atoms with Gasteiger partial charge in [-0.3, -0.25) is 19.7 Å². The molecule has 0 fully saturated rings. The maximum atomic E-state index is 13.5. The third-order valence-corrected chi connectivity index (χ3v) is 4.54. The first-order chi connectivity index (χ1) is 15.1. The molecule has 11 heteroatoms. The highest BCUT2D eigenvalue weighted by Gasteiger charge is 2.28. The molecular formula is C21H22FN3O7. The van der Waals surface area contributed by atoms with E-state index in [0.29, 0.717) is 5.56 Å². The number of carbonyl (C=O) groups is 3. The number of hydrogen-bond acceptors (Lipinski definition) is 6. The number of rotatable bonds is 10. The Kier molecular flexibility index (Phi) is 8.22. The summed E-state index contributed by atoms with van der Waals surface area (Å²) in [5.41, 5.74) is 0.361. The van der Waals surface area contributed by atoms with Crippen LogP contribution in [0.1, 0.15) is 18.1 Å². The third kappa shape index (κ3) is 6.76. The fourth-order valence-electron chi connectivity index (χ4n) is 3.08. The van der Waals surface area contributed by atoms with Gasteiger partial charge >= 0.3 is 5.97 Å². The standard InChI is InChI=1S/C21H22FN3O7/c1-12(26)23-17(9-13-4-3-5-15(22)8-13)20(27)24-18(21(28)29)11-14-10-16(25(30)31)6-7-19(14)32-2/h3-8,10,17-18H,9,11H2,1-2H3,(H,23,26)(H,24,27)(H,28,29)/t17-,18-/m0/s1. The molecule has 0 bridgehead atoms. The van der Waals surface area contributed by atoms with E-state index in [1.165, 1.54) is 50.4 Å². The minimum atomic E-state index is -1.47. The number of amides is 2. The van der Waals surface area contributed by atoms with Crippen molar-refractivity contribution >= 4 is 23.5 Å². The maximum Gasteiger partial charge on any atom is 0.326 e. The van der Waals surface area contributed by atoms with Crippen molar-refractivity contribution in [1.82, 2.24) is 10.6 Å². The number of nitro groups is 1. The monoisotopic (exact) mass is 447 g/mol. The van der Waals surface area contributed by atoms with Gasteiger partial charge in [-0.15, -0.1) is 0 Å². The molecule has 0 spiro atoms. The van der Waals surface area contributed by atoms with Crippen LogP contribution in [0.25, 0.3) is 0 Å². The van der Waals surface area contributed by atoms with Crippen LogP contribution in [-0.4, -0.2) is 47.0 Å². The number of halogens is 1. The molecule has 32 heavy (non-hydrogen) atoms. The second-order valence-electron chi connectivity index (χ2n) is 6.94. The Morgan fingerprint density at radius 1 is 1.12 bits per heavy atom. The van der Waals surface area contributed by atoms with Crippen molar-refractivity contribution in [3.8, 4) is 5.75 Å². The van der Waals surface area contributed by atoms with E-state index in [1.807, 2.05) is 0 Å². The van der Waals surface area contributed by atoms with Crippen LogP contribution in [0, 0.1) is 15.9 Å². The average Bonchev–Trinajstić information content (AvgIpc) is 2.72. The number of carbonyl (C=O) groups excluding carboxylic acids is 2. The summed E-state index contributed by atoms with van der Waals surface area (Å²) in [7, 11) is 1.32. The number of ether oxygens (including phenoxy) is 1. The maximum absolute atomic E-state index is 13.5. The summed E-state index contributed by atoms with van der Waals surface area (Å²) in [6.07, 6.45) is -0.381. The first-order valence-electron chi connectivity index (χ1n) is 9.46. The largest absolute Gasteiger partial charge is 0.496 e. The van der Waals surface area contributed by atoms with Crippen LogP contribution in [-0.2, 0) is 27.2 Å². The highest BCUT2D eigenvalue weighted by molar-refractivity contribution is 5.90. The van der Waals surface area contributed by atoms with E-state index in [1.54, 1.807) is 6.07 Å². The topological polar surface area (TPSA) is 148 Å². The predicted molar refractivity (Wildman–Crippen MR) is 111 cm³/mol. The molecule has 2 aromatic carbocycles. The molecule has 2 atom stereocenters. The summed E-state index contributed by atoms with van der Waals surface area (Å²) in [5.74, 6) is -3.03. The Balaban J connectivity index is 2.25. The molecule has 0 saturated heterocycles. The minimum absolute atomic E-state index is 0.0738. The normalized spacial score (nSPS) is 12.3. The van der Waals surface area contributed by atoms with E-state index in [0.717, 1.165) is 0 Å². The average molecular weight is 447 g/mol. The fourth-order valence-corrected chi connectivity index (χ4v) is 3.08. The number of nitrogens with zero attached hydrogens (tertiary/aromatic N) is 1. The van der Waals surface area contributed by atoms with Gasteiger partial charge in [0.05, 0.1) is 12.0 Å². The van der Waals surface area contributed by atoms with Crippen molar-refractivity contribution < 1.29 is 33.5 Å². The molecule has 0 aromatic heterocycles. The van der Waals surface area contributed by atoms with Crippen molar-refractivity contribution in [2.75, 3.05) is 7.11 Å². The summed E-state index contributed by atoms with van der Waals surface area (Å²) in [4.78, 5) is 46.5. The van der Waals surface area contributed by atoms with Gasteiger partial charge in [0.1, 0.15) is 23.7 Å². The molecule has 170 valence electrons. The lowest BCUT2D eigenvalue weighted by Crippen LogP contribution is -2.52. The lowest BCUT2D eigenvalue weighted by atomic mass is 10.0. The number of benzene rings is 2. The van der Waals surface area contributed by atoms with Crippen LogP contribution in [0.2, 0.25) is 0 Å². The van der Waals surface area contributed by atoms with E-state index >= 15 is 0 Å². The van der Waals surface area contributed by atoms with Gasteiger partial charge in [-0.1, -0.05) is 12.1 Å². The fraction of sp³-hybridized carbons (Fsp3) is 0.286. The van der Waals surface area contributed by atoms with Gasteiger partial charge in [0.2, 0.25) is 11.8 Å². The van der Waals surface area contributed by atoms with Crippen LogP contribution in [0.15, 0.2) is 42.5 Å². The zero-order valence-electron chi connectivity index (χ0n) is 17.3. The van der Waals surface area contributed by atoms with Crippen LogP contribution in [0.5, 0.6) is 5.75 Å². The molecule has 0 aliphatic carbocycles. The molecule has 0 saturated carbocycles. The van der Waals surface area contributed by atoms with E-state index < -0.39 is 40.6 Å². The molecule has 2 rings (SSSR count). The lowest BCUT2D eigenvalue weighted by Gasteiger charge is -2.21. The molecule has 3 N–H and O–H groups in total. The van der Waals surface area contributed by atoms with E-state index in [-0.39, 0.29) is 29.8 Å². The minimum Gasteiger partial charge on any atom is -0.496 e. The second-order valence-corrected chi connectivity index (χ2v) is 6.94. The summed E-state index contributed by atoms with van der Waals surface area (Å²) < 4.78 is 18.6. The molecule has 2 amide bonds.